The van der Waals surface area contributed by atoms with Crippen LogP contribution in [0.25, 0.3) is 0 Å². The normalized spacial score (nSPS) is 48.0. The molecule has 8 heteroatoms. The Morgan fingerprint density at radius 3 is 2.56 bits per heavy atom. The maximum absolute atomic E-state index is 12.2. The summed E-state index contributed by atoms with van der Waals surface area (Å²) in [7, 11) is -4.12. The van der Waals surface area contributed by atoms with Crippen LogP contribution in [-0.4, -0.2) is 42.4 Å². The fourth-order valence-electron chi connectivity index (χ4n) is 8.44. The predicted molar refractivity (Wildman–Crippen MR) is 128 cm³/mol. The second-order valence-corrected chi connectivity index (χ2v) is 13.3. The zero-order valence-corrected chi connectivity index (χ0v) is 24.1. The van der Waals surface area contributed by atoms with Crippen LogP contribution in [0.4, 0.5) is 0 Å². The second kappa shape index (κ2) is 11.0. The smallest absolute Gasteiger partial charge is 0.862 e. The molecule has 0 aromatic heterocycles. The number of aliphatic imine (C=N–C) groups is 1. The van der Waals surface area contributed by atoms with Gasteiger partial charge < -0.3 is 15.2 Å². The fraction of sp³-hybridized carbons (Fsp3) is 0.962. The van der Waals surface area contributed by atoms with E-state index in [1.165, 1.54) is 0 Å². The summed E-state index contributed by atoms with van der Waals surface area (Å²) < 4.78 is 64.8. The largest absolute Gasteiger partial charge is 1.00 e. The number of nitrogens with zero attached hydrogens (tertiary/aromatic N) is 1. The number of hydrogen-bond donors (Lipinski definition) is 2. The number of hydrogen-bond acceptors (Lipinski definition) is 5. The molecule has 0 radical (unpaired) electrons. The van der Waals surface area contributed by atoms with E-state index in [9.17, 15) is 18.6 Å². The second-order valence-electron chi connectivity index (χ2n) is 11.8. The average Bonchev–Trinajstić information content (AvgIpc) is 3.12. The van der Waals surface area contributed by atoms with Crippen LogP contribution in [0, 0.1) is 46.3 Å². The third-order valence-electron chi connectivity index (χ3n) is 10.1. The van der Waals surface area contributed by atoms with Gasteiger partial charge in [-0.05, 0) is 123 Å². The first kappa shape index (κ1) is 23.5. The Labute approximate surface area is 234 Å². The van der Waals surface area contributed by atoms with Crippen molar-refractivity contribution in [3.05, 3.63) is 0 Å². The van der Waals surface area contributed by atoms with Crippen molar-refractivity contribution in [3.63, 3.8) is 0 Å². The summed E-state index contributed by atoms with van der Waals surface area (Å²) in [6.45, 7) is 6.45. The summed E-state index contributed by atoms with van der Waals surface area (Å²) in [5, 5.41) is 22.7. The molecule has 9 atom stereocenters. The Morgan fingerprint density at radius 2 is 1.85 bits per heavy atom. The van der Waals surface area contributed by atoms with E-state index in [0.29, 0.717) is 36.5 Å². The molecule has 4 saturated carbocycles. The maximum atomic E-state index is 12.2. The van der Waals surface area contributed by atoms with Gasteiger partial charge in [0, 0.05) is 5.48 Å². The van der Waals surface area contributed by atoms with Crippen molar-refractivity contribution in [2.24, 2.45) is 51.3 Å². The Kier molecular flexibility index (Phi) is 7.58. The van der Waals surface area contributed by atoms with Gasteiger partial charge in [-0.1, -0.05) is 20.8 Å². The minimum absolute atomic E-state index is 0. The zero-order chi connectivity index (χ0) is 27.6. The Balaban J connectivity index is 0.00000400. The van der Waals surface area contributed by atoms with E-state index >= 15 is 0 Å². The van der Waals surface area contributed by atoms with Crippen LogP contribution >= 0.6 is 0 Å². The summed E-state index contributed by atoms with van der Waals surface area (Å²) in [6.07, 6.45) is 1.44. The molecule has 0 aromatic carbocycles. The van der Waals surface area contributed by atoms with Crippen LogP contribution in [0.5, 0.6) is 0 Å². The zero-order valence-electron chi connectivity index (χ0n) is 25.3. The summed E-state index contributed by atoms with van der Waals surface area (Å²) in [5.74, 6) is 0.740. The molecule has 6 nitrogen and oxygen atoms in total. The minimum Gasteiger partial charge on any atom is -0.862 e. The van der Waals surface area contributed by atoms with Crippen LogP contribution in [0.2, 0.25) is 0 Å². The number of rotatable bonds is 7. The van der Waals surface area contributed by atoms with Gasteiger partial charge in [-0.15, -0.1) is 0 Å². The minimum atomic E-state index is -4.12. The van der Waals surface area contributed by atoms with Gasteiger partial charge in [-0.25, -0.2) is 0 Å². The van der Waals surface area contributed by atoms with Crippen molar-refractivity contribution >= 4 is 16.0 Å². The van der Waals surface area contributed by atoms with Crippen LogP contribution < -0.4 is 34.7 Å². The van der Waals surface area contributed by atoms with E-state index in [-0.39, 0.29) is 72.1 Å². The van der Waals surface area contributed by atoms with Gasteiger partial charge in [0.1, 0.15) is 0 Å². The Bertz CT molecular complexity index is 1010. The molecule has 2 N–H and O–H groups in total. The van der Waals surface area contributed by atoms with Gasteiger partial charge in [0.15, 0.2) is 0 Å². The molecule has 0 heterocycles. The van der Waals surface area contributed by atoms with E-state index < -0.39 is 40.1 Å². The molecule has 190 valence electrons. The molecule has 34 heavy (non-hydrogen) atoms. The quantitative estimate of drug-likeness (QED) is 0.231. The van der Waals surface area contributed by atoms with Gasteiger partial charge in [0.25, 0.3) is 10.1 Å². The van der Waals surface area contributed by atoms with Crippen molar-refractivity contribution in [3.8, 4) is 0 Å². The molecule has 4 aliphatic rings. The fourth-order valence-corrected chi connectivity index (χ4v) is 8.76. The maximum Gasteiger partial charge on any atom is 1.00 e. The van der Waals surface area contributed by atoms with Crippen molar-refractivity contribution in [2.45, 2.75) is 97.4 Å². The van der Waals surface area contributed by atoms with Crippen molar-refractivity contribution in [2.75, 3.05) is 12.3 Å². The van der Waals surface area contributed by atoms with Crippen molar-refractivity contribution in [1.82, 2.24) is 0 Å². The predicted octanol–water partition coefficient (Wildman–Crippen LogP) is 1.07. The van der Waals surface area contributed by atoms with E-state index in [1.54, 1.807) is 0 Å². The van der Waals surface area contributed by atoms with E-state index in [2.05, 4.69) is 25.8 Å². The molecular formula is C26H44NNaO5S. The number of fused-ring (bicyclic) bond motifs is 5. The van der Waals surface area contributed by atoms with Gasteiger partial charge >= 0.3 is 29.6 Å². The van der Waals surface area contributed by atoms with Crippen LogP contribution in [0.1, 0.15) is 96.8 Å². The molecule has 4 rings (SSSR count). The first-order valence-corrected chi connectivity index (χ1v) is 14.4. The van der Waals surface area contributed by atoms with Crippen molar-refractivity contribution < 1.29 is 58.2 Å². The van der Waals surface area contributed by atoms with E-state index in [0.717, 1.165) is 32.1 Å². The first-order valence-electron chi connectivity index (χ1n) is 14.8. The molecule has 4 aliphatic carbocycles. The molecule has 0 unspecified atom stereocenters. The summed E-state index contributed by atoms with van der Waals surface area (Å²) in [5.41, 5.74) is -0.350. The molecular weight excluding hydrogens is 461 g/mol. The van der Waals surface area contributed by atoms with Gasteiger partial charge in [-0.2, -0.15) is 8.42 Å². The molecule has 0 saturated heterocycles. The molecule has 4 fully saturated rings. The van der Waals surface area contributed by atoms with Gasteiger partial charge in [0.05, 0.1) is 18.4 Å². The molecule has 0 aliphatic heterocycles. The van der Waals surface area contributed by atoms with Crippen LogP contribution in [0.15, 0.2) is 4.99 Å². The van der Waals surface area contributed by atoms with Gasteiger partial charge in [-0.3, -0.25) is 4.55 Å². The Morgan fingerprint density at radius 1 is 1.15 bits per heavy atom. The number of aliphatic hydroxyl groups is 1. The Hall–Kier alpha value is 0.340. The molecule has 0 amide bonds. The summed E-state index contributed by atoms with van der Waals surface area (Å²) >= 11 is 0. The van der Waals surface area contributed by atoms with Crippen LogP contribution in [0.3, 0.4) is 0 Å². The van der Waals surface area contributed by atoms with E-state index in [4.69, 9.17) is 10.0 Å². The topological polar surface area (TPSA) is 110 Å². The average molecular weight is 510 g/mol. The third-order valence-corrected chi connectivity index (χ3v) is 10.8. The molecule has 0 bridgehead atoms. The van der Waals surface area contributed by atoms with Crippen LogP contribution in [-0.2, 0) is 10.1 Å². The van der Waals surface area contributed by atoms with E-state index in [1.807, 2.05) is 0 Å². The first-order chi connectivity index (χ1) is 16.9. The molecule has 0 spiro atoms. The SMILES string of the molecule is [2H]C1([2H])C[C@@]2(C)[C@H](CC[C@@H]3[C@@H]2CC[C@]2(C)[C@@H]([C@H](C)CCC([O-])=NCCS(=O)(=O)O)CC[C@@H]32)C([2H])([2H])[C@@H]1O.[Na+]. The summed E-state index contributed by atoms with van der Waals surface area (Å²) in [4.78, 5) is 3.78. The molecule has 0 aromatic rings. The van der Waals surface area contributed by atoms with Gasteiger partial charge in [0.2, 0.25) is 0 Å². The van der Waals surface area contributed by atoms with Crippen molar-refractivity contribution in [1.29, 1.82) is 0 Å². The summed E-state index contributed by atoms with van der Waals surface area (Å²) in [6, 6.07) is 0. The monoisotopic (exact) mass is 509 g/mol. The number of aliphatic hydroxyl groups excluding tert-OH is 1. The third kappa shape index (κ3) is 5.75. The standard InChI is InChI=1S/C26H45NO5S.Na/c1-17(4-9-24(29)27-14-15-33(30,31)32)21-7-8-22-20-6-5-18-16-19(28)10-12-25(18,2)23(20)11-13-26(21,22)3;/h17-23,28H,4-16H2,1-3H3,(H,27,29)(H,30,31,32);/q;+1/p-1/t17-,18-,19-,20+,21-,22+,23+,25+,26-;/m1./s1/i10D2,16D2;.